The largest absolute Gasteiger partial charge is 0.407 e. The summed E-state index contributed by atoms with van der Waals surface area (Å²) in [6.45, 7) is -0.591. The van der Waals surface area contributed by atoms with Crippen LogP contribution in [-0.2, 0) is 16.6 Å². The average molecular weight is 364 g/mol. The molecule has 1 aromatic rings. The molecule has 1 aromatic carbocycles. The van der Waals surface area contributed by atoms with Gasteiger partial charge in [0.05, 0.1) is 11.6 Å². The molecular formula is C11H10Cl2F3NO3S. The van der Waals surface area contributed by atoms with E-state index >= 15 is 0 Å². The van der Waals surface area contributed by atoms with Gasteiger partial charge in [0.2, 0.25) is 10.0 Å². The standard InChI is InChI=1S/C11H10Cl2F3NO3S/c12-7-3-6(5-18)9(13)8(4-7)21(19,20)17-10(1-2-10)11(14,15)16/h3-4,17-18H,1-2,5H2. The van der Waals surface area contributed by atoms with Crippen molar-refractivity contribution in [1.82, 2.24) is 4.72 Å². The van der Waals surface area contributed by atoms with Crippen LogP contribution in [0.4, 0.5) is 13.2 Å². The van der Waals surface area contributed by atoms with Gasteiger partial charge < -0.3 is 5.11 Å². The van der Waals surface area contributed by atoms with Crippen molar-refractivity contribution < 1.29 is 26.7 Å². The summed E-state index contributed by atoms with van der Waals surface area (Å²) in [6, 6.07) is 2.18. The lowest BCUT2D eigenvalue weighted by atomic mass is 10.2. The Balaban J connectivity index is 2.44. The summed E-state index contributed by atoms with van der Waals surface area (Å²) < 4.78 is 64.4. The Morgan fingerprint density at radius 2 is 1.86 bits per heavy atom. The van der Waals surface area contributed by atoms with Gasteiger partial charge in [-0.05, 0) is 30.5 Å². The molecule has 0 spiro atoms. The second-order valence-electron chi connectivity index (χ2n) is 4.72. The van der Waals surface area contributed by atoms with Gasteiger partial charge in [-0.1, -0.05) is 23.2 Å². The molecule has 0 atom stereocenters. The average Bonchev–Trinajstić information content (AvgIpc) is 3.11. The molecule has 2 rings (SSSR count). The van der Waals surface area contributed by atoms with Gasteiger partial charge >= 0.3 is 6.18 Å². The van der Waals surface area contributed by atoms with Crippen molar-refractivity contribution in [3.63, 3.8) is 0 Å². The Morgan fingerprint density at radius 1 is 1.29 bits per heavy atom. The fourth-order valence-corrected chi connectivity index (χ4v) is 4.18. The van der Waals surface area contributed by atoms with Crippen LogP contribution in [0.15, 0.2) is 17.0 Å². The summed E-state index contributed by atoms with van der Waals surface area (Å²) in [6.07, 6.45) is -5.35. The Kier molecular flexibility index (Phi) is 4.23. The maximum absolute atomic E-state index is 12.8. The first-order valence-electron chi connectivity index (χ1n) is 5.72. The summed E-state index contributed by atoms with van der Waals surface area (Å²) in [5, 5.41) is 8.66. The van der Waals surface area contributed by atoms with Gasteiger partial charge in [-0.25, -0.2) is 8.42 Å². The number of benzene rings is 1. The molecule has 1 saturated carbocycles. The van der Waals surface area contributed by atoms with Crippen LogP contribution in [0.5, 0.6) is 0 Å². The lowest BCUT2D eigenvalue weighted by Crippen LogP contribution is -2.47. The molecule has 0 aliphatic heterocycles. The molecule has 118 valence electrons. The van der Waals surface area contributed by atoms with Crippen LogP contribution in [0.25, 0.3) is 0 Å². The molecule has 0 unspecified atom stereocenters. The third kappa shape index (κ3) is 3.14. The topological polar surface area (TPSA) is 66.4 Å². The SMILES string of the molecule is O=S(=O)(NC1(C(F)(F)F)CC1)c1cc(Cl)cc(CO)c1Cl. The molecule has 0 saturated heterocycles. The normalized spacial score (nSPS) is 17.8. The zero-order valence-electron chi connectivity index (χ0n) is 10.3. The van der Waals surface area contributed by atoms with Crippen LogP contribution in [0.2, 0.25) is 10.0 Å². The number of alkyl halides is 3. The van der Waals surface area contributed by atoms with E-state index in [1.54, 1.807) is 4.72 Å². The monoisotopic (exact) mass is 363 g/mol. The zero-order valence-corrected chi connectivity index (χ0v) is 12.7. The van der Waals surface area contributed by atoms with E-state index in [1.165, 1.54) is 6.07 Å². The number of hydrogen-bond donors (Lipinski definition) is 2. The molecule has 21 heavy (non-hydrogen) atoms. The zero-order chi connectivity index (χ0) is 16.1. The van der Waals surface area contributed by atoms with Gasteiger partial charge in [0.25, 0.3) is 0 Å². The molecule has 0 amide bonds. The predicted molar refractivity (Wildman–Crippen MR) is 70.7 cm³/mol. The third-order valence-electron chi connectivity index (χ3n) is 3.16. The summed E-state index contributed by atoms with van der Waals surface area (Å²) in [5.41, 5.74) is -2.43. The number of aliphatic hydroxyl groups is 1. The maximum atomic E-state index is 12.8. The highest BCUT2D eigenvalue weighted by Gasteiger charge is 2.65. The molecule has 2 N–H and O–H groups in total. The minimum atomic E-state index is -4.69. The van der Waals surface area contributed by atoms with Crippen LogP contribution in [0.1, 0.15) is 18.4 Å². The molecular weight excluding hydrogens is 354 g/mol. The number of nitrogens with one attached hydrogen (secondary N) is 1. The quantitative estimate of drug-likeness (QED) is 0.864. The van der Waals surface area contributed by atoms with Gasteiger partial charge in [-0.15, -0.1) is 0 Å². The molecule has 10 heteroatoms. The van der Waals surface area contributed by atoms with E-state index in [0.29, 0.717) is 0 Å². The highest BCUT2D eigenvalue weighted by Crippen LogP contribution is 2.50. The predicted octanol–water partition coefficient (Wildman–Crippen LogP) is 2.86. The Morgan fingerprint density at radius 3 is 2.29 bits per heavy atom. The lowest BCUT2D eigenvalue weighted by molar-refractivity contribution is -0.160. The Hall–Kier alpha value is -0.540. The van der Waals surface area contributed by atoms with Gasteiger partial charge in [-0.2, -0.15) is 17.9 Å². The molecule has 4 nitrogen and oxygen atoms in total. The van der Waals surface area contributed by atoms with Gasteiger partial charge in [0.15, 0.2) is 0 Å². The summed E-state index contributed by atoms with van der Waals surface area (Å²) in [7, 11) is -4.52. The second kappa shape index (κ2) is 5.27. The first-order valence-corrected chi connectivity index (χ1v) is 7.96. The number of rotatable bonds is 4. The van der Waals surface area contributed by atoms with Crippen molar-refractivity contribution in [3.05, 3.63) is 27.7 Å². The third-order valence-corrected chi connectivity index (χ3v) is 5.50. The molecule has 1 fully saturated rings. The number of halogens is 5. The fourth-order valence-electron chi connectivity index (χ4n) is 1.81. The summed E-state index contributed by atoms with van der Waals surface area (Å²) >= 11 is 11.5. The van der Waals surface area contributed by atoms with Crippen molar-refractivity contribution in [2.75, 3.05) is 0 Å². The summed E-state index contributed by atoms with van der Waals surface area (Å²) in [4.78, 5) is -0.587. The number of aliphatic hydroxyl groups excluding tert-OH is 1. The van der Waals surface area contributed by atoms with Crippen LogP contribution >= 0.6 is 23.2 Å². The Labute approximate surface area is 128 Å². The first kappa shape index (κ1) is 16.8. The molecule has 0 radical (unpaired) electrons. The minimum absolute atomic E-state index is 0.0152. The van der Waals surface area contributed by atoms with Crippen LogP contribution < -0.4 is 4.72 Å². The number of sulfonamides is 1. The van der Waals surface area contributed by atoms with Gasteiger partial charge in [0.1, 0.15) is 10.4 Å². The lowest BCUT2D eigenvalue weighted by Gasteiger charge is -2.21. The molecule has 0 bridgehead atoms. The Bertz CT molecular complexity index is 672. The minimum Gasteiger partial charge on any atom is -0.392 e. The fraction of sp³-hybridized carbons (Fsp3) is 0.455. The van der Waals surface area contributed by atoms with Crippen molar-refractivity contribution in [2.45, 2.75) is 36.1 Å². The molecule has 1 aliphatic rings. The van der Waals surface area contributed by atoms with Crippen LogP contribution in [0.3, 0.4) is 0 Å². The molecule has 1 aliphatic carbocycles. The smallest absolute Gasteiger partial charge is 0.392 e. The molecule has 0 heterocycles. The van der Waals surface area contributed by atoms with E-state index in [2.05, 4.69) is 0 Å². The van der Waals surface area contributed by atoms with Crippen molar-refractivity contribution in [3.8, 4) is 0 Å². The highest BCUT2D eigenvalue weighted by atomic mass is 35.5. The summed E-state index contributed by atoms with van der Waals surface area (Å²) in [5.74, 6) is 0. The van der Waals surface area contributed by atoms with E-state index in [1.807, 2.05) is 0 Å². The number of hydrogen-bond acceptors (Lipinski definition) is 3. The van der Waals surface area contributed by atoms with E-state index in [4.69, 9.17) is 28.3 Å². The van der Waals surface area contributed by atoms with Crippen molar-refractivity contribution in [2.24, 2.45) is 0 Å². The second-order valence-corrected chi connectivity index (χ2v) is 7.19. The molecule has 0 aromatic heterocycles. The van der Waals surface area contributed by atoms with E-state index in [9.17, 15) is 21.6 Å². The van der Waals surface area contributed by atoms with Gasteiger partial charge in [0, 0.05) is 5.02 Å². The van der Waals surface area contributed by atoms with E-state index < -0.39 is 33.2 Å². The van der Waals surface area contributed by atoms with Crippen LogP contribution in [0, 0.1) is 0 Å². The van der Waals surface area contributed by atoms with Crippen molar-refractivity contribution in [1.29, 1.82) is 0 Å². The highest BCUT2D eigenvalue weighted by molar-refractivity contribution is 7.89. The van der Waals surface area contributed by atoms with Crippen LogP contribution in [-0.4, -0.2) is 25.2 Å². The van der Waals surface area contributed by atoms with Gasteiger partial charge in [-0.3, -0.25) is 0 Å². The maximum Gasteiger partial charge on any atom is 0.407 e. The first-order chi connectivity index (χ1) is 9.52. The van der Waals surface area contributed by atoms with E-state index in [-0.39, 0.29) is 28.5 Å². The van der Waals surface area contributed by atoms with E-state index in [0.717, 1.165) is 6.07 Å². The van der Waals surface area contributed by atoms with Crippen molar-refractivity contribution >= 4 is 33.2 Å².